The number of nitrogens with zero attached hydrogens (tertiary/aromatic N) is 6. The van der Waals surface area contributed by atoms with Crippen LogP contribution in [0, 0.1) is 6.92 Å². The second kappa shape index (κ2) is 8.06. The van der Waals surface area contributed by atoms with Gasteiger partial charge in [0.05, 0.1) is 53.4 Å². The number of hydrogen-bond acceptors (Lipinski definition) is 6. The van der Waals surface area contributed by atoms with E-state index in [2.05, 4.69) is 20.1 Å². The van der Waals surface area contributed by atoms with Gasteiger partial charge in [0.2, 0.25) is 0 Å². The minimum Gasteiger partial charge on any atom is -0.383 e. The lowest BCUT2D eigenvalue weighted by atomic mass is 10.1. The molecule has 1 amide bonds. The number of nitrogens with one attached hydrogen (secondary N) is 1. The molecule has 6 rings (SSSR count). The largest absolute Gasteiger partial charge is 0.417 e. The quantitative estimate of drug-likeness (QED) is 0.380. The number of nitrogens with two attached hydrogens (primary N) is 1. The number of imidazole rings is 1. The number of ether oxygens (including phenoxy) is 1. The number of carbonyl (C=O) groups is 1. The highest BCUT2D eigenvalue weighted by Crippen LogP contribution is 2.32. The number of H-pyrrole nitrogens is 1. The van der Waals surface area contributed by atoms with Crippen molar-refractivity contribution in [3.05, 3.63) is 70.6 Å². The molecule has 0 radical (unpaired) electrons. The van der Waals surface area contributed by atoms with Crippen molar-refractivity contribution in [3.63, 3.8) is 0 Å². The van der Waals surface area contributed by atoms with E-state index in [0.717, 1.165) is 23.4 Å². The maximum atomic E-state index is 13.9. The van der Waals surface area contributed by atoms with E-state index < -0.39 is 11.7 Å². The number of anilines is 2. The monoisotopic (exact) mass is 510 g/mol. The van der Waals surface area contributed by atoms with E-state index in [1.807, 2.05) is 0 Å². The van der Waals surface area contributed by atoms with Crippen molar-refractivity contribution in [2.45, 2.75) is 32.9 Å². The fourth-order valence-corrected chi connectivity index (χ4v) is 4.67. The molecule has 1 aliphatic rings. The van der Waals surface area contributed by atoms with E-state index in [0.29, 0.717) is 52.8 Å². The van der Waals surface area contributed by atoms with Gasteiger partial charge in [-0.1, -0.05) is 0 Å². The van der Waals surface area contributed by atoms with Crippen molar-refractivity contribution in [1.82, 2.24) is 29.1 Å². The Morgan fingerprint density at radius 2 is 1.97 bits per heavy atom. The van der Waals surface area contributed by atoms with Crippen LogP contribution in [0.1, 0.15) is 38.6 Å². The third-order valence-electron chi connectivity index (χ3n) is 6.41. The Bertz CT molecular complexity index is 1700. The highest BCUT2D eigenvalue weighted by atomic mass is 19.4. The zero-order chi connectivity index (χ0) is 26.1. The van der Waals surface area contributed by atoms with E-state index in [1.54, 1.807) is 30.9 Å². The van der Waals surface area contributed by atoms with Crippen LogP contribution < -0.4 is 10.6 Å². The molecule has 0 unspecified atom stereocenters. The maximum Gasteiger partial charge on any atom is 0.417 e. The third-order valence-corrected chi connectivity index (χ3v) is 6.41. The normalized spacial score (nSPS) is 13.5. The van der Waals surface area contributed by atoms with Gasteiger partial charge in [-0.05, 0) is 25.1 Å². The summed E-state index contributed by atoms with van der Waals surface area (Å²) in [5.41, 5.74) is 10.3. The van der Waals surface area contributed by atoms with Gasteiger partial charge in [-0.2, -0.15) is 18.3 Å². The molecule has 10 nitrogen and oxygen atoms in total. The number of carbonyl (C=O) groups excluding carboxylic acids is 1. The molecule has 6 heterocycles. The second-order valence-corrected chi connectivity index (χ2v) is 8.97. The number of amides is 1. The number of aromatic nitrogens is 6. The van der Waals surface area contributed by atoms with Crippen molar-refractivity contribution in [2.75, 3.05) is 10.6 Å². The smallest absolute Gasteiger partial charge is 0.383 e. The summed E-state index contributed by atoms with van der Waals surface area (Å²) in [6.07, 6.45) is -0.321. The molecule has 0 bridgehead atoms. The second-order valence-electron chi connectivity index (χ2n) is 8.97. The number of fused-ring (bicyclic) bond motifs is 4. The number of rotatable bonds is 4. The van der Waals surface area contributed by atoms with Crippen molar-refractivity contribution in [2.24, 2.45) is 7.05 Å². The summed E-state index contributed by atoms with van der Waals surface area (Å²) in [5.74, 6) is -0.0192. The van der Waals surface area contributed by atoms with Gasteiger partial charge in [0.15, 0.2) is 0 Å². The summed E-state index contributed by atoms with van der Waals surface area (Å²) in [6.45, 7) is 2.49. The van der Waals surface area contributed by atoms with E-state index in [-0.39, 0.29) is 18.1 Å². The fourth-order valence-electron chi connectivity index (χ4n) is 4.67. The summed E-state index contributed by atoms with van der Waals surface area (Å²) < 4.78 is 47.9. The van der Waals surface area contributed by atoms with E-state index in [9.17, 15) is 18.0 Å². The van der Waals surface area contributed by atoms with Crippen LogP contribution in [0.4, 0.5) is 24.7 Å². The molecule has 0 saturated heterocycles. The molecule has 3 N–H and O–H groups in total. The Labute approximate surface area is 207 Å². The summed E-state index contributed by atoms with van der Waals surface area (Å²) in [4.78, 5) is 27.4. The molecule has 5 aromatic heterocycles. The van der Waals surface area contributed by atoms with Gasteiger partial charge in [-0.15, -0.1) is 0 Å². The molecule has 13 heteroatoms. The van der Waals surface area contributed by atoms with Gasteiger partial charge in [-0.3, -0.25) is 14.4 Å². The lowest BCUT2D eigenvalue weighted by Gasteiger charge is -2.20. The Morgan fingerprint density at radius 1 is 1.19 bits per heavy atom. The van der Waals surface area contributed by atoms with Crippen LogP contribution in [0.2, 0.25) is 0 Å². The van der Waals surface area contributed by atoms with Crippen molar-refractivity contribution in [1.29, 1.82) is 0 Å². The van der Waals surface area contributed by atoms with Gasteiger partial charge in [0.1, 0.15) is 17.2 Å². The van der Waals surface area contributed by atoms with Gasteiger partial charge in [-0.25, -0.2) is 9.97 Å². The molecule has 0 saturated carbocycles. The van der Waals surface area contributed by atoms with Gasteiger partial charge >= 0.3 is 6.18 Å². The molecule has 0 spiro atoms. The van der Waals surface area contributed by atoms with Crippen molar-refractivity contribution >= 4 is 34.1 Å². The number of hydrogen-bond donors (Lipinski definition) is 2. The minimum absolute atomic E-state index is 0.000544. The zero-order valence-electron chi connectivity index (χ0n) is 19.8. The van der Waals surface area contributed by atoms with Gasteiger partial charge < -0.3 is 19.9 Å². The molecule has 0 aliphatic carbocycles. The van der Waals surface area contributed by atoms with Crippen molar-refractivity contribution in [3.8, 4) is 0 Å². The van der Waals surface area contributed by atoms with E-state index in [1.165, 1.54) is 21.6 Å². The number of pyridine rings is 2. The van der Waals surface area contributed by atoms with Crippen LogP contribution in [0.5, 0.6) is 0 Å². The van der Waals surface area contributed by atoms with Crippen LogP contribution in [0.3, 0.4) is 0 Å². The summed E-state index contributed by atoms with van der Waals surface area (Å²) in [7, 11) is 1.74. The lowest BCUT2D eigenvalue weighted by molar-refractivity contribution is -0.137. The summed E-state index contributed by atoms with van der Waals surface area (Å²) in [5, 5.41) is 4.35. The Morgan fingerprint density at radius 3 is 2.70 bits per heavy atom. The van der Waals surface area contributed by atoms with Crippen molar-refractivity contribution < 1.29 is 22.7 Å². The van der Waals surface area contributed by atoms with Gasteiger partial charge in [0.25, 0.3) is 5.91 Å². The first-order chi connectivity index (χ1) is 17.6. The zero-order valence-corrected chi connectivity index (χ0v) is 19.8. The number of aryl methyl sites for hydroxylation is 2. The Kier molecular flexibility index (Phi) is 5.02. The third kappa shape index (κ3) is 3.87. The van der Waals surface area contributed by atoms with Gasteiger partial charge in [0, 0.05) is 36.8 Å². The molecular formula is C24H21F3N8O2. The molecule has 0 atom stereocenters. The molecule has 190 valence electrons. The molecule has 0 aromatic carbocycles. The predicted molar refractivity (Wildman–Crippen MR) is 128 cm³/mol. The van der Waals surface area contributed by atoms with Crippen LogP contribution in [0.25, 0.3) is 16.7 Å². The standard InChI is InChI=1S/C24H21F3N8O2/c1-12-19(9-33(2)32-12)35(8-14-7-34-6-13(24(25,26)27)3-4-20(34)29-14)23(36)18-5-17-21(30-18)15-10-37-11-16(15)22(28)31-17/h3-7,9,30H,8,10-11H2,1-2H3,(H2,28,31). The highest BCUT2D eigenvalue weighted by Gasteiger charge is 2.31. The average Bonchev–Trinajstić information content (AvgIpc) is 3.61. The summed E-state index contributed by atoms with van der Waals surface area (Å²) in [6, 6.07) is 3.90. The first kappa shape index (κ1) is 23.0. The maximum absolute atomic E-state index is 13.9. The SMILES string of the molecule is Cc1nn(C)cc1N(Cc1cn2cc(C(F)(F)F)ccc2n1)C(=O)c1cc2nc(N)c3c(c2[nH]1)COC3. The molecule has 5 aromatic rings. The van der Waals surface area contributed by atoms with Crippen LogP contribution in [-0.2, 0) is 37.7 Å². The lowest BCUT2D eigenvalue weighted by Crippen LogP contribution is -2.31. The fraction of sp³-hybridized carbons (Fsp3) is 0.250. The first-order valence-electron chi connectivity index (χ1n) is 11.3. The molecule has 0 fully saturated rings. The Balaban J connectivity index is 1.41. The molecule has 37 heavy (non-hydrogen) atoms. The summed E-state index contributed by atoms with van der Waals surface area (Å²) >= 11 is 0. The Hall–Kier alpha value is -4.39. The molecular weight excluding hydrogens is 489 g/mol. The van der Waals surface area contributed by atoms with Crippen LogP contribution >= 0.6 is 0 Å². The van der Waals surface area contributed by atoms with Crippen LogP contribution in [0.15, 0.2) is 36.8 Å². The number of nitrogen functional groups attached to an aromatic ring is 1. The van der Waals surface area contributed by atoms with E-state index >= 15 is 0 Å². The number of alkyl halides is 3. The molecule has 1 aliphatic heterocycles. The highest BCUT2D eigenvalue weighted by molar-refractivity contribution is 6.07. The average molecular weight is 510 g/mol. The minimum atomic E-state index is -4.48. The topological polar surface area (TPSA) is 119 Å². The predicted octanol–water partition coefficient (Wildman–Crippen LogP) is 3.73. The van der Waals surface area contributed by atoms with Crippen LogP contribution in [-0.4, -0.2) is 35.0 Å². The number of halogens is 3. The van der Waals surface area contributed by atoms with E-state index in [4.69, 9.17) is 10.5 Å². The first-order valence-corrected chi connectivity index (χ1v) is 11.3. The number of aromatic amines is 1.